The van der Waals surface area contributed by atoms with Crippen LogP contribution in [-0.4, -0.2) is 35.0 Å². The Balaban J connectivity index is 1.86. The van der Waals surface area contributed by atoms with Gasteiger partial charge in [-0.2, -0.15) is 0 Å². The number of amides is 1. The lowest BCUT2D eigenvalue weighted by molar-refractivity contribution is -0.141. The number of carbonyl (C=O) groups excluding carboxylic acids is 1. The summed E-state index contributed by atoms with van der Waals surface area (Å²) in [5.74, 6) is -1.85. The van der Waals surface area contributed by atoms with Crippen molar-refractivity contribution >= 4 is 23.5 Å². The van der Waals surface area contributed by atoms with Crippen LogP contribution in [0.2, 0.25) is 5.02 Å². The maximum Gasteiger partial charge on any atom is 0.308 e. The lowest BCUT2D eigenvalue weighted by atomic mass is 9.89. The molecule has 1 aliphatic heterocycles. The van der Waals surface area contributed by atoms with Gasteiger partial charge >= 0.3 is 5.97 Å². The summed E-state index contributed by atoms with van der Waals surface area (Å²) in [5, 5.41) is 10.1. The van der Waals surface area contributed by atoms with Gasteiger partial charge < -0.3 is 10.0 Å². The summed E-state index contributed by atoms with van der Waals surface area (Å²) in [7, 11) is 0. The zero-order valence-electron chi connectivity index (χ0n) is 13.3. The molecule has 2 aromatic carbocycles. The number of hydrogen-bond acceptors (Lipinski definition) is 2. The highest BCUT2D eigenvalue weighted by molar-refractivity contribution is 6.31. The first-order valence-electron chi connectivity index (χ1n) is 7.80. The van der Waals surface area contributed by atoms with Crippen molar-refractivity contribution in [1.29, 1.82) is 0 Å². The Morgan fingerprint density at radius 1 is 1.12 bits per heavy atom. The molecule has 5 heteroatoms. The highest BCUT2D eigenvalue weighted by atomic mass is 35.5. The van der Waals surface area contributed by atoms with Crippen LogP contribution in [0.1, 0.15) is 27.4 Å². The van der Waals surface area contributed by atoms with Gasteiger partial charge in [0.2, 0.25) is 0 Å². The first-order chi connectivity index (χ1) is 11.5. The highest BCUT2D eigenvalue weighted by Gasteiger charge is 2.40. The van der Waals surface area contributed by atoms with Gasteiger partial charge in [-0.25, -0.2) is 0 Å². The Bertz CT molecular complexity index is 775. The summed E-state index contributed by atoms with van der Waals surface area (Å²) in [6, 6.07) is 14.7. The minimum Gasteiger partial charge on any atom is -0.481 e. The summed E-state index contributed by atoms with van der Waals surface area (Å²) in [4.78, 5) is 26.0. The van der Waals surface area contributed by atoms with Crippen LogP contribution in [0.15, 0.2) is 48.5 Å². The predicted molar refractivity (Wildman–Crippen MR) is 92.4 cm³/mol. The fraction of sp³-hybridized carbons (Fsp3) is 0.263. The largest absolute Gasteiger partial charge is 0.481 e. The van der Waals surface area contributed by atoms with Crippen molar-refractivity contribution in [2.45, 2.75) is 12.8 Å². The van der Waals surface area contributed by atoms with Crippen LogP contribution in [0.5, 0.6) is 0 Å². The second-order valence-electron chi connectivity index (χ2n) is 6.14. The van der Waals surface area contributed by atoms with Crippen LogP contribution >= 0.6 is 11.6 Å². The average Bonchev–Trinajstić information content (AvgIpc) is 3.03. The minimum absolute atomic E-state index is 0.179. The standard InChI is InChI=1S/C19H18ClNO3/c1-12-7-8-14(9-17(12)20)18(22)21-10-15(16(11-21)19(23)24)13-5-3-2-4-6-13/h2-9,15-16H,10-11H2,1H3,(H,23,24). The normalized spacial score (nSPS) is 20.2. The zero-order chi connectivity index (χ0) is 17.3. The Labute approximate surface area is 145 Å². The van der Waals surface area contributed by atoms with Gasteiger partial charge in [0.25, 0.3) is 5.91 Å². The number of carboxylic acid groups (broad SMARTS) is 1. The molecule has 0 bridgehead atoms. The number of benzene rings is 2. The maximum absolute atomic E-state index is 12.7. The molecule has 1 amide bonds. The molecular weight excluding hydrogens is 326 g/mol. The van der Waals surface area contributed by atoms with E-state index < -0.39 is 11.9 Å². The topological polar surface area (TPSA) is 57.6 Å². The lowest BCUT2D eigenvalue weighted by Crippen LogP contribution is -2.29. The summed E-state index contributed by atoms with van der Waals surface area (Å²) >= 11 is 6.10. The number of likely N-dealkylation sites (tertiary alicyclic amines) is 1. The van der Waals surface area contributed by atoms with Gasteiger partial charge in [-0.15, -0.1) is 0 Å². The number of carbonyl (C=O) groups is 2. The molecule has 2 unspecified atom stereocenters. The molecule has 2 atom stereocenters. The summed E-state index contributed by atoms with van der Waals surface area (Å²) in [5.41, 5.74) is 2.34. The van der Waals surface area contributed by atoms with E-state index in [2.05, 4.69) is 0 Å². The van der Waals surface area contributed by atoms with E-state index in [9.17, 15) is 14.7 Å². The molecule has 0 saturated carbocycles. The molecule has 0 aromatic heterocycles. The lowest BCUT2D eigenvalue weighted by Gasteiger charge is -2.17. The summed E-state index contributed by atoms with van der Waals surface area (Å²) in [6.45, 7) is 2.48. The molecule has 1 aliphatic rings. The third-order valence-corrected chi connectivity index (χ3v) is 4.98. The summed E-state index contributed by atoms with van der Waals surface area (Å²) < 4.78 is 0. The van der Waals surface area contributed by atoms with E-state index in [-0.39, 0.29) is 18.4 Å². The molecule has 1 saturated heterocycles. The van der Waals surface area contributed by atoms with Gasteiger partial charge in [0.1, 0.15) is 0 Å². The molecule has 0 aliphatic carbocycles. The van der Waals surface area contributed by atoms with Crippen LogP contribution in [0, 0.1) is 12.8 Å². The molecule has 0 radical (unpaired) electrons. The van der Waals surface area contributed by atoms with Gasteiger partial charge in [0.05, 0.1) is 5.92 Å². The molecule has 0 spiro atoms. The maximum atomic E-state index is 12.7. The number of carboxylic acids is 1. The van der Waals surface area contributed by atoms with Crippen LogP contribution in [0.25, 0.3) is 0 Å². The number of aliphatic carboxylic acids is 1. The molecule has 3 rings (SSSR count). The third kappa shape index (κ3) is 3.15. The molecule has 24 heavy (non-hydrogen) atoms. The Kier molecular flexibility index (Phi) is 4.58. The Morgan fingerprint density at radius 3 is 2.46 bits per heavy atom. The van der Waals surface area contributed by atoms with E-state index in [0.29, 0.717) is 17.1 Å². The van der Waals surface area contributed by atoms with Crippen LogP contribution < -0.4 is 0 Å². The first kappa shape index (κ1) is 16.5. The molecule has 1 N–H and O–H groups in total. The van der Waals surface area contributed by atoms with Crippen molar-refractivity contribution in [3.63, 3.8) is 0 Å². The predicted octanol–water partition coefficient (Wildman–Crippen LogP) is 3.59. The summed E-state index contributed by atoms with van der Waals surface area (Å²) in [6.07, 6.45) is 0. The van der Waals surface area contributed by atoms with Crippen LogP contribution in [-0.2, 0) is 4.79 Å². The molecule has 2 aromatic rings. The zero-order valence-corrected chi connectivity index (χ0v) is 14.0. The Hall–Kier alpha value is -2.33. The van der Waals surface area contributed by atoms with E-state index >= 15 is 0 Å². The SMILES string of the molecule is Cc1ccc(C(=O)N2CC(C(=O)O)C(c3ccccc3)C2)cc1Cl. The van der Waals surface area contributed by atoms with Gasteiger partial charge in [0.15, 0.2) is 0 Å². The van der Waals surface area contributed by atoms with E-state index in [4.69, 9.17) is 11.6 Å². The van der Waals surface area contributed by atoms with Gasteiger partial charge in [0, 0.05) is 29.6 Å². The number of nitrogens with zero attached hydrogens (tertiary/aromatic N) is 1. The molecule has 124 valence electrons. The third-order valence-electron chi connectivity index (χ3n) is 4.57. The highest BCUT2D eigenvalue weighted by Crippen LogP contribution is 2.34. The molecular formula is C19H18ClNO3. The number of rotatable bonds is 3. The van der Waals surface area contributed by atoms with E-state index in [0.717, 1.165) is 11.1 Å². The van der Waals surface area contributed by atoms with Crippen molar-refractivity contribution in [2.24, 2.45) is 5.92 Å². The Morgan fingerprint density at radius 2 is 1.83 bits per heavy atom. The molecule has 1 heterocycles. The monoisotopic (exact) mass is 343 g/mol. The fourth-order valence-corrected chi connectivity index (χ4v) is 3.35. The van der Waals surface area contributed by atoms with Crippen LogP contribution in [0.4, 0.5) is 0 Å². The molecule has 4 nitrogen and oxygen atoms in total. The van der Waals surface area contributed by atoms with E-state index in [1.807, 2.05) is 37.3 Å². The fourth-order valence-electron chi connectivity index (χ4n) is 3.17. The second kappa shape index (κ2) is 6.65. The minimum atomic E-state index is -0.874. The second-order valence-corrected chi connectivity index (χ2v) is 6.54. The van der Waals surface area contributed by atoms with Crippen molar-refractivity contribution < 1.29 is 14.7 Å². The van der Waals surface area contributed by atoms with Gasteiger partial charge in [-0.1, -0.05) is 48.0 Å². The van der Waals surface area contributed by atoms with Gasteiger partial charge in [-0.05, 0) is 30.2 Å². The van der Waals surface area contributed by atoms with E-state index in [1.165, 1.54) is 0 Å². The first-order valence-corrected chi connectivity index (χ1v) is 8.18. The number of aryl methyl sites for hydroxylation is 1. The number of hydrogen-bond donors (Lipinski definition) is 1. The molecule has 1 fully saturated rings. The van der Waals surface area contributed by atoms with Crippen molar-refractivity contribution in [3.05, 3.63) is 70.2 Å². The van der Waals surface area contributed by atoms with Crippen molar-refractivity contribution in [1.82, 2.24) is 4.90 Å². The smallest absolute Gasteiger partial charge is 0.308 e. The number of halogens is 1. The van der Waals surface area contributed by atoms with Crippen LogP contribution in [0.3, 0.4) is 0 Å². The average molecular weight is 344 g/mol. The van der Waals surface area contributed by atoms with Crippen molar-refractivity contribution in [2.75, 3.05) is 13.1 Å². The van der Waals surface area contributed by atoms with Gasteiger partial charge in [-0.3, -0.25) is 9.59 Å². The van der Waals surface area contributed by atoms with Crippen molar-refractivity contribution in [3.8, 4) is 0 Å². The van der Waals surface area contributed by atoms with E-state index in [1.54, 1.807) is 23.1 Å². The quantitative estimate of drug-likeness (QED) is 0.926.